The lowest BCUT2D eigenvalue weighted by Gasteiger charge is -2.29. The van der Waals surface area contributed by atoms with Gasteiger partial charge in [-0.1, -0.05) is 0 Å². The van der Waals surface area contributed by atoms with Gasteiger partial charge in [-0.25, -0.2) is 0 Å². The second-order valence-electron chi connectivity index (χ2n) is 7.05. The van der Waals surface area contributed by atoms with Crippen LogP contribution in [0.2, 0.25) is 0 Å². The number of aryl methyl sites for hydroxylation is 1. The fraction of sp³-hybridized carbons (Fsp3) is 0.333. The van der Waals surface area contributed by atoms with Crippen molar-refractivity contribution in [2.24, 2.45) is 0 Å². The molecule has 0 radical (unpaired) electrons. The van der Waals surface area contributed by atoms with Gasteiger partial charge in [-0.2, -0.15) is 5.10 Å². The van der Waals surface area contributed by atoms with Gasteiger partial charge >= 0.3 is 0 Å². The number of hydrogen-bond acceptors (Lipinski definition) is 5. The zero-order valence-electron chi connectivity index (χ0n) is 15.8. The minimum Gasteiger partial charge on any atom is -0.489 e. The molecule has 4 rings (SSSR count). The summed E-state index contributed by atoms with van der Waals surface area (Å²) >= 11 is 0. The first-order valence-electron chi connectivity index (χ1n) is 9.54. The maximum absolute atomic E-state index is 12.5. The fourth-order valence-electron chi connectivity index (χ4n) is 3.47. The molecule has 1 saturated carbocycles. The number of nitrogens with zero attached hydrogens (tertiary/aromatic N) is 3. The molecule has 0 aliphatic heterocycles. The summed E-state index contributed by atoms with van der Waals surface area (Å²) in [5.74, 6) is 0.719. The molecule has 3 heterocycles. The second-order valence-corrected chi connectivity index (χ2v) is 7.05. The fourth-order valence-corrected chi connectivity index (χ4v) is 3.47. The third kappa shape index (κ3) is 4.19. The number of amides is 1. The van der Waals surface area contributed by atoms with Crippen molar-refractivity contribution in [3.8, 4) is 17.0 Å². The maximum atomic E-state index is 12.5. The van der Waals surface area contributed by atoms with Gasteiger partial charge in [0.05, 0.1) is 17.5 Å². The van der Waals surface area contributed by atoms with Crippen LogP contribution in [0.4, 0.5) is 0 Å². The Labute approximate surface area is 163 Å². The number of pyridine rings is 2. The number of H-pyrrole nitrogens is 1. The molecule has 144 valence electrons. The van der Waals surface area contributed by atoms with Gasteiger partial charge < -0.3 is 10.1 Å². The van der Waals surface area contributed by atoms with Crippen molar-refractivity contribution in [2.45, 2.75) is 44.8 Å². The van der Waals surface area contributed by atoms with Gasteiger partial charge in [-0.05, 0) is 62.9 Å². The number of aromatic amines is 1. The predicted octanol–water partition coefficient (Wildman–Crippen LogP) is 3.30. The zero-order chi connectivity index (χ0) is 19.3. The molecule has 1 amide bonds. The molecule has 1 aliphatic carbocycles. The lowest BCUT2D eigenvalue weighted by Crippen LogP contribution is -2.39. The van der Waals surface area contributed by atoms with E-state index in [2.05, 4.69) is 25.5 Å². The topological polar surface area (TPSA) is 92.8 Å². The molecular weight excluding hydrogens is 354 g/mol. The van der Waals surface area contributed by atoms with E-state index in [1.165, 1.54) is 0 Å². The molecular formula is C21H23N5O2. The van der Waals surface area contributed by atoms with Crippen molar-refractivity contribution in [1.29, 1.82) is 0 Å². The lowest BCUT2D eigenvalue weighted by atomic mass is 9.92. The Hall–Kier alpha value is -3.22. The average molecular weight is 377 g/mol. The van der Waals surface area contributed by atoms with Crippen LogP contribution in [0, 0.1) is 6.92 Å². The highest BCUT2D eigenvalue weighted by Crippen LogP contribution is 2.25. The molecule has 0 spiro atoms. The summed E-state index contributed by atoms with van der Waals surface area (Å²) in [7, 11) is 0. The van der Waals surface area contributed by atoms with Gasteiger partial charge in [0, 0.05) is 30.2 Å². The Balaban J connectivity index is 1.30. The van der Waals surface area contributed by atoms with Crippen molar-refractivity contribution < 1.29 is 9.53 Å². The Morgan fingerprint density at radius 2 is 1.93 bits per heavy atom. The van der Waals surface area contributed by atoms with E-state index in [1.54, 1.807) is 24.7 Å². The van der Waals surface area contributed by atoms with Gasteiger partial charge in [-0.3, -0.25) is 19.9 Å². The molecule has 7 heteroatoms. The minimum absolute atomic E-state index is 0.125. The number of carbonyl (C=O) groups is 1. The summed E-state index contributed by atoms with van der Waals surface area (Å²) in [6.45, 7) is 1.95. The summed E-state index contributed by atoms with van der Waals surface area (Å²) in [4.78, 5) is 20.8. The third-order valence-electron chi connectivity index (χ3n) is 5.06. The van der Waals surface area contributed by atoms with E-state index in [1.807, 2.05) is 31.2 Å². The summed E-state index contributed by atoms with van der Waals surface area (Å²) < 4.78 is 6.08. The van der Waals surface area contributed by atoms with Crippen LogP contribution in [0.3, 0.4) is 0 Å². The van der Waals surface area contributed by atoms with Crippen LogP contribution in [0.5, 0.6) is 5.75 Å². The number of carbonyl (C=O) groups excluding carboxylic acids is 1. The van der Waals surface area contributed by atoms with Crippen molar-refractivity contribution in [1.82, 2.24) is 25.5 Å². The van der Waals surface area contributed by atoms with Gasteiger partial charge in [-0.15, -0.1) is 0 Å². The molecule has 3 aromatic rings. The normalized spacial score (nSPS) is 19.2. The maximum Gasteiger partial charge on any atom is 0.269 e. The standard InChI is InChI=1S/C21H23N5O2/c1-14-20(3-2-10-23-14)28-17-6-4-16(5-7-17)24-21(27)19-13-18(25-26-19)15-8-11-22-12-9-15/h2-3,8-13,16-17H,4-7H2,1H3,(H,24,27)(H,25,26). The van der Waals surface area contributed by atoms with E-state index in [4.69, 9.17) is 4.74 Å². The zero-order valence-corrected chi connectivity index (χ0v) is 15.8. The molecule has 0 bridgehead atoms. The molecule has 7 nitrogen and oxygen atoms in total. The second kappa shape index (κ2) is 8.21. The molecule has 3 aromatic heterocycles. The molecule has 28 heavy (non-hydrogen) atoms. The minimum atomic E-state index is -0.125. The van der Waals surface area contributed by atoms with Crippen molar-refractivity contribution in [3.63, 3.8) is 0 Å². The number of aromatic nitrogens is 4. The highest BCUT2D eigenvalue weighted by molar-refractivity contribution is 5.93. The van der Waals surface area contributed by atoms with Gasteiger partial charge in [0.25, 0.3) is 5.91 Å². The monoisotopic (exact) mass is 377 g/mol. The van der Waals surface area contributed by atoms with Crippen molar-refractivity contribution in [2.75, 3.05) is 0 Å². The van der Waals surface area contributed by atoms with E-state index < -0.39 is 0 Å². The number of hydrogen-bond donors (Lipinski definition) is 2. The Kier molecular flexibility index (Phi) is 5.32. The lowest BCUT2D eigenvalue weighted by molar-refractivity contribution is 0.0888. The number of rotatable bonds is 5. The first kappa shape index (κ1) is 18.2. The largest absolute Gasteiger partial charge is 0.489 e. The van der Waals surface area contributed by atoms with Gasteiger partial charge in [0.15, 0.2) is 0 Å². The smallest absolute Gasteiger partial charge is 0.269 e. The Bertz CT molecular complexity index is 933. The van der Waals surface area contributed by atoms with Crippen LogP contribution in [0.25, 0.3) is 11.3 Å². The summed E-state index contributed by atoms with van der Waals surface area (Å²) in [6.07, 6.45) is 8.94. The van der Waals surface area contributed by atoms with Crippen LogP contribution < -0.4 is 10.1 Å². The molecule has 1 fully saturated rings. The Morgan fingerprint density at radius 3 is 2.68 bits per heavy atom. The van der Waals surface area contributed by atoms with Crippen molar-refractivity contribution in [3.05, 3.63) is 60.3 Å². The molecule has 0 unspecified atom stereocenters. The van der Waals surface area contributed by atoms with E-state index >= 15 is 0 Å². The first-order chi connectivity index (χ1) is 13.7. The average Bonchev–Trinajstić information content (AvgIpc) is 3.22. The third-order valence-corrected chi connectivity index (χ3v) is 5.06. The molecule has 0 atom stereocenters. The van der Waals surface area contributed by atoms with E-state index in [0.29, 0.717) is 5.69 Å². The van der Waals surface area contributed by atoms with Gasteiger partial charge in [0.2, 0.25) is 0 Å². The van der Waals surface area contributed by atoms with Crippen LogP contribution in [-0.2, 0) is 0 Å². The quantitative estimate of drug-likeness (QED) is 0.712. The molecule has 2 N–H and O–H groups in total. The molecule has 0 saturated heterocycles. The van der Waals surface area contributed by atoms with Crippen LogP contribution in [0.15, 0.2) is 48.9 Å². The summed E-state index contributed by atoms with van der Waals surface area (Å²) in [5.41, 5.74) is 3.03. The van der Waals surface area contributed by atoms with Gasteiger partial charge in [0.1, 0.15) is 11.4 Å². The highest BCUT2D eigenvalue weighted by atomic mass is 16.5. The van der Waals surface area contributed by atoms with Crippen molar-refractivity contribution >= 4 is 5.91 Å². The molecule has 1 aliphatic rings. The Morgan fingerprint density at radius 1 is 1.14 bits per heavy atom. The number of ether oxygens (including phenoxy) is 1. The number of nitrogens with one attached hydrogen (secondary N) is 2. The van der Waals surface area contributed by atoms with Crippen LogP contribution >= 0.6 is 0 Å². The SMILES string of the molecule is Cc1ncccc1OC1CCC(NC(=O)c2cc(-c3ccncc3)n[nH]2)CC1. The van der Waals surface area contributed by atoms with Crippen LogP contribution in [-0.4, -0.2) is 38.2 Å². The van der Waals surface area contributed by atoms with E-state index in [-0.39, 0.29) is 18.1 Å². The molecule has 0 aromatic carbocycles. The van der Waals surface area contributed by atoms with Crippen LogP contribution in [0.1, 0.15) is 41.9 Å². The van der Waals surface area contributed by atoms with E-state index in [9.17, 15) is 4.79 Å². The summed E-state index contributed by atoms with van der Waals surface area (Å²) in [6, 6.07) is 9.49. The highest BCUT2D eigenvalue weighted by Gasteiger charge is 2.25. The van der Waals surface area contributed by atoms with E-state index in [0.717, 1.165) is 48.4 Å². The predicted molar refractivity (Wildman–Crippen MR) is 105 cm³/mol. The summed E-state index contributed by atoms with van der Waals surface area (Å²) in [5, 5.41) is 10.2. The first-order valence-corrected chi connectivity index (χ1v) is 9.54.